The third-order valence-corrected chi connectivity index (χ3v) is 7.16. The number of piperidine rings is 1. The number of halogens is 2. The summed E-state index contributed by atoms with van der Waals surface area (Å²) in [6.07, 6.45) is 2.85. The lowest BCUT2D eigenvalue weighted by atomic mass is 9.95. The predicted molar refractivity (Wildman–Crippen MR) is 132 cm³/mol. The van der Waals surface area contributed by atoms with Gasteiger partial charge in [0.1, 0.15) is 5.82 Å². The molecule has 0 saturated carbocycles. The Morgan fingerprint density at radius 3 is 2.71 bits per heavy atom. The molecule has 1 fully saturated rings. The second kappa shape index (κ2) is 9.67. The van der Waals surface area contributed by atoms with Crippen molar-refractivity contribution >= 4 is 23.7 Å². The molecule has 3 aliphatic heterocycles. The van der Waals surface area contributed by atoms with E-state index in [1.165, 1.54) is 6.21 Å². The monoisotopic (exact) mass is 500 g/mol. The molecule has 1 aromatic carbocycles. The molecule has 2 aromatic rings. The molecule has 1 amide bonds. The summed E-state index contributed by atoms with van der Waals surface area (Å²) in [7, 11) is 3.53. The van der Waals surface area contributed by atoms with E-state index in [9.17, 15) is 9.18 Å². The Morgan fingerprint density at radius 2 is 2.00 bits per heavy atom. The summed E-state index contributed by atoms with van der Waals surface area (Å²) in [5.74, 6) is 1.71. The largest absolute Gasteiger partial charge is 0.353 e. The number of nitrogens with zero attached hydrogens (tertiary/aromatic N) is 7. The summed E-state index contributed by atoms with van der Waals surface area (Å²) in [4.78, 5) is 22.7. The van der Waals surface area contributed by atoms with Gasteiger partial charge in [-0.05, 0) is 43.5 Å². The van der Waals surface area contributed by atoms with Crippen molar-refractivity contribution in [3.8, 4) is 5.69 Å². The maximum Gasteiger partial charge on any atom is 0.236 e. The highest BCUT2D eigenvalue weighted by Crippen LogP contribution is 2.34. The van der Waals surface area contributed by atoms with Gasteiger partial charge < -0.3 is 10.2 Å². The normalized spacial score (nSPS) is 21.3. The Hall–Kier alpha value is -2.82. The van der Waals surface area contributed by atoms with E-state index in [0.717, 1.165) is 48.8 Å². The maximum absolute atomic E-state index is 13.6. The van der Waals surface area contributed by atoms with Crippen molar-refractivity contribution in [3.05, 3.63) is 52.0 Å². The van der Waals surface area contributed by atoms with Crippen LogP contribution >= 0.6 is 11.6 Å². The van der Waals surface area contributed by atoms with Crippen LogP contribution in [0.2, 0.25) is 5.02 Å². The van der Waals surface area contributed by atoms with Gasteiger partial charge in [-0.25, -0.2) is 4.39 Å². The third kappa shape index (κ3) is 4.82. The molecular weight excluding hydrogens is 471 g/mol. The number of likely N-dealkylation sites (tertiary alicyclic amines) is 1. The minimum Gasteiger partial charge on any atom is -0.353 e. The Labute approximate surface area is 209 Å². The molecule has 0 radical (unpaired) electrons. The summed E-state index contributed by atoms with van der Waals surface area (Å²) in [5, 5.41) is 13.0. The molecular formula is C24H30ClFN8O. The molecule has 11 heteroatoms. The predicted octanol–water partition coefficient (Wildman–Crippen LogP) is 2.66. The summed E-state index contributed by atoms with van der Waals surface area (Å²) < 4.78 is 15.8. The van der Waals surface area contributed by atoms with Gasteiger partial charge in [0.05, 0.1) is 25.0 Å². The first kappa shape index (κ1) is 23.9. The van der Waals surface area contributed by atoms with Crippen LogP contribution in [0.1, 0.15) is 42.9 Å². The zero-order valence-corrected chi connectivity index (χ0v) is 21.0. The van der Waals surface area contributed by atoms with Crippen LogP contribution in [-0.4, -0.2) is 81.6 Å². The van der Waals surface area contributed by atoms with Gasteiger partial charge in [-0.2, -0.15) is 0 Å². The van der Waals surface area contributed by atoms with Gasteiger partial charge in [-0.1, -0.05) is 11.6 Å². The number of hydrogen-bond acceptors (Lipinski definition) is 7. The van der Waals surface area contributed by atoms with E-state index >= 15 is 0 Å². The zero-order valence-electron chi connectivity index (χ0n) is 20.2. The van der Waals surface area contributed by atoms with Crippen LogP contribution in [-0.2, 0) is 17.9 Å². The number of benzene rings is 1. The van der Waals surface area contributed by atoms with Crippen molar-refractivity contribution in [2.24, 2.45) is 4.99 Å². The molecule has 0 aliphatic carbocycles. The second-order valence-electron chi connectivity index (χ2n) is 9.60. The number of hydrogen-bond donors (Lipinski definition) is 1. The number of amides is 1. The fraction of sp³-hybridized carbons (Fsp3) is 0.500. The number of fused-ring (bicyclic) bond motifs is 3. The molecule has 1 N–H and O–H groups in total. The van der Waals surface area contributed by atoms with Gasteiger partial charge in [0.2, 0.25) is 5.91 Å². The van der Waals surface area contributed by atoms with Crippen LogP contribution in [0, 0.1) is 0 Å². The number of carbonyl (C=O) groups excluding carboxylic acids is 1. The van der Waals surface area contributed by atoms with Crippen LogP contribution in [0.25, 0.3) is 5.69 Å². The van der Waals surface area contributed by atoms with Crippen molar-refractivity contribution in [1.29, 1.82) is 0 Å². The van der Waals surface area contributed by atoms with Crippen molar-refractivity contribution < 1.29 is 9.18 Å². The quantitative estimate of drug-likeness (QED) is 0.695. The average molecular weight is 501 g/mol. The molecule has 5 rings (SSSR count). The highest BCUT2D eigenvalue weighted by Gasteiger charge is 2.32. The fourth-order valence-corrected chi connectivity index (χ4v) is 5.12. The minimum atomic E-state index is -0.317. The first-order chi connectivity index (χ1) is 16.8. The Balaban J connectivity index is 1.38. The number of aliphatic imine (C=N–C) groups is 1. The molecule has 1 aromatic heterocycles. The van der Waals surface area contributed by atoms with Crippen molar-refractivity contribution in [1.82, 2.24) is 34.8 Å². The second-order valence-corrected chi connectivity index (χ2v) is 10.0. The molecule has 1 atom stereocenters. The van der Waals surface area contributed by atoms with Crippen molar-refractivity contribution in [2.45, 2.75) is 45.1 Å². The van der Waals surface area contributed by atoms with Crippen LogP contribution < -0.4 is 5.32 Å². The molecule has 35 heavy (non-hydrogen) atoms. The number of nitrogens with one attached hydrogen (secondary N) is 1. The van der Waals surface area contributed by atoms with Crippen molar-refractivity contribution in [2.75, 3.05) is 33.7 Å². The topological polar surface area (TPSA) is 81.9 Å². The SMILES string of the molecule is CC1=C(F)C=NC(N2CCC(c3nnc4n3-c3ccc(Cl)cc3CN(CC(=O)N(C)C)C4)CC2)N1. The summed E-state index contributed by atoms with van der Waals surface area (Å²) in [6.45, 7) is 4.77. The van der Waals surface area contributed by atoms with Gasteiger partial charge in [0, 0.05) is 50.4 Å². The number of aromatic nitrogens is 3. The molecule has 186 valence electrons. The summed E-state index contributed by atoms with van der Waals surface area (Å²) in [5.41, 5.74) is 2.58. The lowest BCUT2D eigenvalue weighted by Gasteiger charge is -2.37. The first-order valence-electron chi connectivity index (χ1n) is 11.9. The Kier molecular flexibility index (Phi) is 6.61. The van der Waals surface area contributed by atoms with Gasteiger partial charge in [0.15, 0.2) is 17.9 Å². The molecule has 1 unspecified atom stereocenters. The number of likely N-dealkylation sites (N-methyl/N-ethyl adjacent to an activating group) is 1. The van der Waals surface area contributed by atoms with E-state index in [1.807, 2.05) is 18.2 Å². The zero-order chi connectivity index (χ0) is 24.7. The van der Waals surface area contributed by atoms with Gasteiger partial charge in [-0.15, -0.1) is 10.2 Å². The molecule has 9 nitrogen and oxygen atoms in total. The number of rotatable bonds is 4. The lowest BCUT2D eigenvalue weighted by Crippen LogP contribution is -2.48. The smallest absolute Gasteiger partial charge is 0.236 e. The summed E-state index contributed by atoms with van der Waals surface area (Å²) in [6, 6.07) is 5.87. The van der Waals surface area contributed by atoms with E-state index in [0.29, 0.717) is 30.4 Å². The van der Waals surface area contributed by atoms with Crippen LogP contribution in [0.4, 0.5) is 4.39 Å². The van der Waals surface area contributed by atoms with Crippen LogP contribution in [0.15, 0.2) is 34.7 Å². The molecule has 4 heterocycles. The lowest BCUT2D eigenvalue weighted by molar-refractivity contribution is -0.130. The Bertz CT molecular complexity index is 1180. The fourth-order valence-electron chi connectivity index (χ4n) is 4.92. The van der Waals surface area contributed by atoms with E-state index in [2.05, 4.69) is 34.9 Å². The molecule has 3 aliphatic rings. The number of carbonyl (C=O) groups is 1. The minimum absolute atomic E-state index is 0.0399. The third-order valence-electron chi connectivity index (χ3n) is 6.93. The van der Waals surface area contributed by atoms with Crippen LogP contribution in [0.3, 0.4) is 0 Å². The van der Waals surface area contributed by atoms with E-state index in [4.69, 9.17) is 11.6 Å². The summed E-state index contributed by atoms with van der Waals surface area (Å²) >= 11 is 6.35. The molecule has 0 bridgehead atoms. The van der Waals surface area contributed by atoms with E-state index in [1.54, 1.807) is 25.9 Å². The van der Waals surface area contributed by atoms with Crippen molar-refractivity contribution in [3.63, 3.8) is 0 Å². The highest BCUT2D eigenvalue weighted by molar-refractivity contribution is 6.30. The standard InChI is InChI=1S/C24H30ClFN8O/c1-15-19(26)11-27-24(28-15)33-8-6-16(7-9-33)23-30-29-21-13-32(14-22(35)31(2)3)12-17-10-18(25)4-5-20(17)34(21)23/h4-5,10-11,16,24,28H,6-9,12-14H2,1-3H3. The van der Waals surface area contributed by atoms with Gasteiger partial charge in [-0.3, -0.25) is 24.2 Å². The Morgan fingerprint density at radius 1 is 1.23 bits per heavy atom. The van der Waals surface area contributed by atoms with Crippen LogP contribution in [0.5, 0.6) is 0 Å². The van der Waals surface area contributed by atoms with Gasteiger partial charge >= 0.3 is 0 Å². The maximum atomic E-state index is 13.6. The highest BCUT2D eigenvalue weighted by atomic mass is 35.5. The average Bonchev–Trinajstić information content (AvgIpc) is 3.17. The molecule has 0 spiro atoms. The first-order valence-corrected chi connectivity index (χ1v) is 12.2. The van der Waals surface area contributed by atoms with Gasteiger partial charge in [0.25, 0.3) is 0 Å². The van der Waals surface area contributed by atoms with E-state index in [-0.39, 0.29) is 23.9 Å². The molecule has 1 saturated heterocycles. The number of allylic oxidation sites excluding steroid dienone is 2. The van der Waals surface area contributed by atoms with E-state index < -0.39 is 0 Å².